The lowest BCUT2D eigenvalue weighted by atomic mass is 10.3. The van der Waals surface area contributed by atoms with Gasteiger partial charge in [-0.05, 0) is 49.7 Å². The van der Waals surface area contributed by atoms with Crippen molar-refractivity contribution < 1.29 is 22.5 Å². The largest absolute Gasteiger partial charge is 0.446 e. The SMILES string of the molecule is C[C@H](NC(=O)Nc1cccc(SC(F)(F)F)c1)c1nc(C2CC2)no1. The van der Waals surface area contributed by atoms with Crippen LogP contribution < -0.4 is 10.6 Å². The Morgan fingerprint density at radius 3 is 2.84 bits per heavy atom. The second-order valence-corrected chi connectivity index (χ2v) is 6.80. The Kier molecular flexibility index (Phi) is 4.89. The van der Waals surface area contributed by atoms with E-state index in [-0.39, 0.29) is 22.3 Å². The molecule has 0 unspecified atom stereocenters. The topological polar surface area (TPSA) is 80.0 Å². The zero-order valence-corrected chi connectivity index (χ0v) is 13.9. The van der Waals surface area contributed by atoms with Crippen molar-refractivity contribution in [3.8, 4) is 0 Å². The predicted molar refractivity (Wildman–Crippen MR) is 85.2 cm³/mol. The van der Waals surface area contributed by atoms with Crippen molar-refractivity contribution in [3.63, 3.8) is 0 Å². The van der Waals surface area contributed by atoms with Gasteiger partial charge in [0.25, 0.3) is 0 Å². The average molecular weight is 372 g/mol. The highest BCUT2D eigenvalue weighted by atomic mass is 32.2. The van der Waals surface area contributed by atoms with Gasteiger partial charge in [-0.3, -0.25) is 0 Å². The highest BCUT2D eigenvalue weighted by Crippen LogP contribution is 2.38. The average Bonchev–Trinajstić information content (AvgIpc) is 3.22. The maximum atomic E-state index is 12.4. The van der Waals surface area contributed by atoms with Crippen LogP contribution in [0.1, 0.15) is 43.4 Å². The molecule has 0 saturated heterocycles. The monoisotopic (exact) mass is 372 g/mol. The molecule has 1 fully saturated rings. The van der Waals surface area contributed by atoms with Gasteiger partial charge in [-0.2, -0.15) is 18.2 Å². The van der Waals surface area contributed by atoms with E-state index in [0.717, 1.165) is 12.8 Å². The van der Waals surface area contributed by atoms with Crippen LogP contribution in [0.3, 0.4) is 0 Å². The molecule has 1 aromatic carbocycles. The molecule has 1 saturated carbocycles. The number of amides is 2. The molecule has 0 spiro atoms. The van der Waals surface area contributed by atoms with E-state index in [1.807, 2.05) is 0 Å². The van der Waals surface area contributed by atoms with Gasteiger partial charge in [-0.15, -0.1) is 0 Å². The molecule has 1 aliphatic rings. The molecule has 1 aromatic heterocycles. The van der Waals surface area contributed by atoms with Crippen LogP contribution in [0.15, 0.2) is 33.7 Å². The van der Waals surface area contributed by atoms with Crippen LogP contribution in [-0.2, 0) is 0 Å². The first-order valence-corrected chi connectivity index (χ1v) is 8.38. The normalized spacial score (nSPS) is 15.7. The number of hydrogen-bond acceptors (Lipinski definition) is 5. The summed E-state index contributed by atoms with van der Waals surface area (Å²) in [7, 11) is 0. The summed E-state index contributed by atoms with van der Waals surface area (Å²) < 4.78 is 42.3. The maximum absolute atomic E-state index is 12.4. The lowest BCUT2D eigenvalue weighted by molar-refractivity contribution is -0.0328. The highest BCUT2D eigenvalue weighted by molar-refractivity contribution is 8.00. The Hall–Kier alpha value is -2.23. The van der Waals surface area contributed by atoms with Crippen molar-refractivity contribution in [2.24, 2.45) is 0 Å². The summed E-state index contributed by atoms with van der Waals surface area (Å²) >= 11 is -0.241. The van der Waals surface area contributed by atoms with E-state index in [1.165, 1.54) is 24.3 Å². The summed E-state index contributed by atoms with van der Waals surface area (Å²) in [5, 5.41) is 8.97. The van der Waals surface area contributed by atoms with E-state index in [1.54, 1.807) is 6.92 Å². The number of hydrogen-bond donors (Lipinski definition) is 2. The number of rotatable bonds is 5. The molecule has 1 heterocycles. The molecule has 2 aromatic rings. The van der Waals surface area contributed by atoms with E-state index in [4.69, 9.17) is 4.52 Å². The van der Waals surface area contributed by atoms with Gasteiger partial charge in [-0.25, -0.2) is 4.79 Å². The lowest BCUT2D eigenvalue weighted by Crippen LogP contribution is -2.31. The minimum absolute atomic E-state index is 0.00988. The Morgan fingerprint density at radius 1 is 1.40 bits per heavy atom. The Balaban J connectivity index is 1.57. The quantitative estimate of drug-likeness (QED) is 0.759. The third-order valence-corrected chi connectivity index (χ3v) is 4.16. The Bertz CT molecular complexity index is 761. The molecule has 134 valence electrons. The van der Waals surface area contributed by atoms with Crippen molar-refractivity contribution >= 4 is 23.5 Å². The number of alkyl halides is 3. The Labute approximate surface area is 145 Å². The summed E-state index contributed by atoms with van der Waals surface area (Å²) in [6.07, 6.45) is 2.07. The molecular formula is C15H15F3N4O2S. The zero-order chi connectivity index (χ0) is 18.0. The molecule has 2 N–H and O–H groups in total. The van der Waals surface area contributed by atoms with Gasteiger partial charge in [0.1, 0.15) is 6.04 Å². The molecule has 25 heavy (non-hydrogen) atoms. The number of nitrogens with one attached hydrogen (secondary N) is 2. The lowest BCUT2D eigenvalue weighted by Gasteiger charge is -2.12. The van der Waals surface area contributed by atoms with Crippen LogP contribution in [0.5, 0.6) is 0 Å². The van der Waals surface area contributed by atoms with Gasteiger partial charge in [0.2, 0.25) is 5.89 Å². The number of halogens is 3. The van der Waals surface area contributed by atoms with Crippen LogP contribution in [0.2, 0.25) is 0 Å². The number of thioether (sulfide) groups is 1. The summed E-state index contributed by atoms with van der Waals surface area (Å²) in [5.41, 5.74) is -4.13. The fourth-order valence-corrected chi connectivity index (χ4v) is 2.73. The fraction of sp³-hybridized carbons (Fsp3) is 0.400. The number of urea groups is 1. The summed E-state index contributed by atoms with van der Waals surface area (Å²) in [5.74, 6) is 1.27. The van der Waals surface area contributed by atoms with Crippen molar-refractivity contribution in [1.29, 1.82) is 0 Å². The smallest absolute Gasteiger partial charge is 0.337 e. The van der Waals surface area contributed by atoms with Gasteiger partial charge in [0.05, 0.1) is 0 Å². The number of nitrogens with zero attached hydrogens (tertiary/aromatic N) is 2. The predicted octanol–water partition coefficient (Wildman–Crippen LogP) is 4.44. The van der Waals surface area contributed by atoms with E-state index >= 15 is 0 Å². The standard InChI is InChI=1S/C15H15F3N4O2S/c1-8(13-21-12(22-24-13)9-5-6-9)19-14(23)20-10-3-2-4-11(7-10)25-15(16,17)18/h2-4,7-9H,5-6H2,1H3,(H2,19,20,23)/t8-/m0/s1. The van der Waals surface area contributed by atoms with Crippen LogP contribution in [-0.4, -0.2) is 21.7 Å². The van der Waals surface area contributed by atoms with Gasteiger partial charge in [0, 0.05) is 16.5 Å². The fourth-order valence-electron chi connectivity index (χ4n) is 2.13. The van der Waals surface area contributed by atoms with Gasteiger partial charge in [-0.1, -0.05) is 11.2 Å². The molecule has 1 atom stereocenters. The van der Waals surface area contributed by atoms with Crippen LogP contribution in [0.4, 0.5) is 23.7 Å². The third kappa shape index (κ3) is 5.12. The van der Waals surface area contributed by atoms with Crippen molar-refractivity contribution in [3.05, 3.63) is 36.0 Å². The van der Waals surface area contributed by atoms with E-state index in [2.05, 4.69) is 20.8 Å². The second kappa shape index (κ2) is 6.95. The van der Waals surface area contributed by atoms with Crippen LogP contribution >= 0.6 is 11.8 Å². The van der Waals surface area contributed by atoms with Gasteiger partial charge in [0.15, 0.2) is 5.82 Å². The molecule has 1 aliphatic carbocycles. The summed E-state index contributed by atoms with van der Waals surface area (Å²) in [4.78, 5) is 16.2. The molecular weight excluding hydrogens is 357 g/mol. The number of aromatic nitrogens is 2. The maximum Gasteiger partial charge on any atom is 0.446 e. The second-order valence-electron chi connectivity index (χ2n) is 5.66. The minimum Gasteiger partial charge on any atom is -0.337 e. The van der Waals surface area contributed by atoms with Gasteiger partial charge >= 0.3 is 11.5 Å². The molecule has 0 radical (unpaired) electrons. The molecule has 0 aliphatic heterocycles. The number of anilines is 1. The molecule has 3 rings (SSSR count). The summed E-state index contributed by atoms with van der Waals surface area (Å²) in [6, 6.07) is 4.41. The van der Waals surface area contributed by atoms with Gasteiger partial charge < -0.3 is 15.2 Å². The van der Waals surface area contributed by atoms with Crippen molar-refractivity contribution in [2.75, 3.05) is 5.32 Å². The van der Waals surface area contributed by atoms with E-state index in [0.29, 0.717) is 17.6 Å². The first-order valence-electron chi connectivity index (χ1n) is 7.57. The first-order chi connectivity index (χ1) is 11.8. The number of carbonyl (C=O) groups excluding carboxylic acids is 1. The Morgan fingerprint density at radius 2 is 2.16 bits per heavy atom. The molecule has 10 heteroatoms. The van der Waals surface area contributed by atoms with E-state index in [9.17, 15) is 18.0 Å². The minimum atomic E-state index is -4.38. The van der Waals surface area contributed by atoms with Crippen molar-refractivity contribution in [2.45, 2.75) is 42.1 Å². The van der Waals surface area contributed by atoms with Crippen molar-refractivity contribution in [1.82, 2.24) is 15.5 Å². The number of carbonyl (C=O) groups is 1. The highest BCUT2D eigenvalue weighted by Gasteiger charge is 2.30. The van der Waals surface area contributed by atoms with Crippen LogP contribution in [0.25, 0.3) is 0 Å². The number of benzene rings is 1. The molecule has 0 bridgehead atoms. The summed E-state index contributed by atoms with van der Waals surface area (Å²) in [6.45, 7) is 1.68. The zero-order valence-electron chi connectivity index (χ0n) is 13.1. The van der Waals surface area contributed by atoms with Crippen LogP contribution in [0, 0.1) is 0 Å². The molecule has 2 amide bonds. The molecule has 6 nitrogen and oxygen atoms in total. The van der Waals surface area contributed by atoms with E-state index < -0.39 is 17.6 Å². The first kappa shape index (κ1) is 17.6. The third-order valence-electron chi connectivity index (χ3n) is 3.44.